The number of nitrogens with zero attached hydrogens (tertiary/aromatic N) is 3. The topological polar surface area (TPSA) is 97.6 Å². The number of hydrogen-bond acceptors (Lipinski definition) is 7. The molecule has 0 atom stereocenters. The molecule has 2 amide bonds. The van der Waals surface area contributed by atoms with Gasteiger partial charge in [-0.15, -0.1) is 11.8 Å². The Labute approximate surface area is 178 Å². The molecule has 0 aliphatic heterocycles. The summed E-state index contributed by atoms with van der Waals surface area (Å²) < 4.78 is 10.5. The van der Waals surface area contributed by atoms with Gasteiger partial charge in [-0.25, -0.2) is 0 Å². The molecular formula is C21H22N4O4S. The van der Waals surface area contributed by atoms with Crippen LogP contribution in [0.15, 0.2) is 57.9 Å². The summed E-state index contributed by atoms with van der Waals surface area (Å²) in [6.45, 7) is 1.81. The van der Waals surface area contributed by atoms with E-state index in [0.717, 1.165) is 10.6 Å². The minimum atomic E-state index is -0.261. The van der Waals surface area contributed by atoms with Crippen LogP contribution in [0.2, 0.25) is 0 Å². The Morgan fingerprint density at radius 1 is 1.17 bits per heavy atom. The van der Waals surface area contributed by atoms with E-state index in [2.05, 4.69) is 15.5 Å². The highest BCUT2D eigenvalue weighted by Crippen LogP contribution is 2.24. The lowest BCUT2D eigenvalue weighted by Crippen LogP contribution is -2.35. The number of thioether (sulfide) groups is 1. The van der Waals surface area contributed by atoms with Crippen molar-refractivity contribution >= 4 is 29.3 Å². The van der Waals surface area contributed by atoms with Gasteiger partial charge in [0.2, 0.25) is 17.6 Å². The van der Waals surface area contributed by atoms with Crippen LogP contribution in [0, 0.1) is 6.92 Å². The van der Waals surface area contributed by atoms with E-state index in [1.165, 1.54) is 4.90 Å². The molecule has 3 rings (SSSR count). The molecule has 9 heteroatoms. The van der Waals surface area contributed by atoms with Crippen molar-refractivity contribution in [3.63, 3.8) is 0 Å². The first-order chi connectivity index (χ1) is 14.5. The fraction of sp³-hybridized carbons (Fsp3) is 0.238. The first-order valence-electron chi connectivity index (χ1n) is 9.16. The van der Waals surface area contributed by atoms with Crippen molar-refractivity contribution < 1.29 is 18.8 Å². The van der Waals surface area contributed by atoms with Crippen molar-refractivity contribution in [2.75, 3.05) is 25.2 Å². The highest BCUT2D eigenvalue weighted by molar-refractivity contribution is 7.98. The maximum absolute atomic E-state index is 12.6. The molecule has 1 aromatic heterocycles. The maximum atomic E-state index is 12.6. The summed E-state index contributed by atoms with van der Waals surface area (Å²) in [5, 5.41) is 6.61. The first-order valence-corrected chi connectivity index (χ1v) is 10.4. The lowest BCUT2D eigenvalue weighted by atomic mass is 10.2. The average molecular weight is 426 g/mol. The summed E-state index contributed by atoms with van der Waals surface area (Å²) in [5.41, 5.74) is 1.19. The minimum absolute atomic E-state index is 0.0586. The fourth-order valence-electron chi connectivity index (χ4n) is 2.69. The molecule has 0 aliphatic rings. The van der Waals surface area contributed by atoms with E-state index in [4.69, 9.17) is 9.26 Å². The zero-order chi connectivity index (χ0) is 21.5. The molecule has 0 bridgehead atoms. The molecule has 3 aromatic rings. The highest BCUT2D eigenvalue weighted by Gasteiger charge is 2.16. The van der Waals surface area contributed by atoms with Crippen LogP contribution in [-0.2, 0) is 11.4 Å². The third kappa shape index (κ3) is 5.60. The van der Waals surface area contributed by atoms with Crippen LogP contribution in [0.1, 0.15) is 22.1 Å². The van der Waals surface area contributed by atoms with E-state index in [0.29, 0.717) is 23.0 Å². The van der Waals surface area contributed by atoms with Crippen LogP contribution in [-0.4, -0.2) is 46.7 Å². The van der Waals surface area contributed by atoms with Gasteiger partial charge in [0.25, 0.3) is 5.91 Å². The van der Waals surface area contributed by atoms with Gasteiger partial charge >= 0.3 is 0 Å². The molecule has 1 heterocycles. The first kappa shape index (κ1) is 21.4. The van der Waals surface area contributed by atoms with Gasteiger partial charge < -0.3 is 19.5 Å². The Bertz CT molecular complexity index is 1020. The van der Waals surface area contributed by atoms with E-state index >= 15 is 0 Å². The van der Waals surface area contributed by atoms with Gasteiger partial charge in [0.15, 0.2) is 6.61 Å². The summed E-state index contributed by atoms with van der Waals surface area (Å²) in [7, 11) is 1.59. The fourth-order valence-corrected chi connectivity index (χ4v) is 3.24. The standard InChI is InChI=1S/C21H22N4O4S/c1-14-22-19(24-29-14)13-28-16-10-8-15(9-11-16)21(27)25(2)12-20(26)23-17-6-4-5-7-18(17)30-3/h4-11H,12-13H2,1-3H3,(H,23,26). The number of carbonyl (C=O) groups is 2. The van der Waals surface area contributed by atoms with Crippen molar-refractivity contribution in [2.45, 2.75) is 18.4 Å². The van der Waals surface area contributed by atoms with Crippen molar-refractivity contribution in [2.24, 2.45) is 0 Å². The Morgan fingerprint density at radius 2 is 1.90 bits per heavy atom. The number of para-hydroxylation sites is 1. The molecule has 156 valence electrons. The third-order valence-electron chi connectivity index (χ3n) is 4.15. The van der Waals surface area contributed by atoms with E-state index in [1.54, 1.807) is 50.0 Å². The lowest BCUT2D eigenvalue weighted by Gasteiger charge is -2.17. The number of aryl methyl sites for hydroxylation is 1. The van der Waals surface area contributed by atoms with Crippen LogP contribution in [0.4, 0.5) is 5.69 Å². The molecule has 30 heavy (non-hydrogen) atoms. The van der Waals surface area contributed by atoms with Gasteiger partial charge in [-0.2, -0.15) is 4.98 Å². The molecule has 0 spiro atoms. The Morgan fingerprint density at radius 3 is 2.57 bits per heavy atom. The Balaban J connectivity index is 1.54. The molecule has 0 radical (unpaired) electrons. The second kappa shape index (κ2) is 9.93. The van der Waals surface area contributed by atoms with E-state index in [-0.39, 0.29) is 25.0 Å². The largest absolute Gasteiger partial charge is 0.485 e. The Kier molecular flexibility index (Phi) is 7.08. The molecule has 0 fully saturated rings. The number of amides is 2. The van der Waals surface area contributed by atoms with Gasteiger partial charge in [0.1, 0.15) is 5.75 Å². The van der Waals surface area contributed by atoms with Crippen LogP contribution >= 0.6 is 11.8 Å². The number of carbonyl (C=O) groups excluding carboxylic acids is 2. The van der Waals surface area contributed by atoms with E-state index in [1.807, 2.05) is 30.5 Å². The number of nitrogens with one attached hydrogen (secondary N) is 1. The van der Waals surface area contributed by atoms with Gasteiger partial charge in [-0.05, 0) is 42.7 Å². The minimum Gasteiger partial charge on any atom is -0.485 e. The van der Waals surface area contributed by atoms with Gasteiger partial charge in [0, 0.05) is 24.4 Å². The van der Waals surface area contributed by atoms with Crippen LogP contribution in [0.25, 0.3) is 0 Å². The van der Waals surface area contributed by atoms with Gasteiger partial charge in [-0.1, -0.05) is 17.3 Å². The van der Waals surface area contributed by atoms with E-state index in [9.17, 15) is 9.59 Å². The normalized spacial score (nSPS) is 10.5. The zero-order valence-corrected chi connectivity index (χ0v) is 17.7. The number of rotatable bonds is 8. The number of ether oxygens (including phenoxy) is 1. The average Bonchev–Trinajstić information content (AvgIpc) is 3.17. The molecule has 0 aliphatic carbocycles. The molecule has 2 aromatic carbocycles. The molecule has 8 nitrogen and oxygen atoms in total. The van der Waals surface area contributed by atoms with Crippen LogP contribution < -0.4 is 10.1 Å². The summed E-state index contributed by atoms with van der Waals surface area (Å²) in [4.78, 5) is 31.4. The lowest BCUT2D eigenvalue weighted by molar-refractivity contribution is -0.116. The summed E-state index contributed by atoms with van der Waals surface area (Å²) in [6, 6.07) is 14.2. The molecular weight excluding hydrogens is 404 g/mol. The zero-order valence-electron chi connectivity index (χ0n) is 16.9. The number of aromatic nitrogens is 2. The van der Waals surface area contributed by atoms with Crippen molar-refractivity contribution in [3.8, 4) is 5.75 Å². The number of benzene rings is 2. The molecule has 0 unspecified atom stereocenters. The Hall–Kier alpha value is -3.33. The number of hydrogen-bond donors (Lipinski definition) is 1. The summed E-state index contributed by atoms with van der Waals surface area (Å²) in [6.07, 6.45) is 1.94. The van der Waals surface area contributed by atoms with Gasteiger partial charge in [-0.3, -0.25) is 9.59 Å². The van der Waals surface area contributed by atoms with Crippen molar-refractivity contribution in [1.82, 2.24) is 15.0 Å². The number of anilines is 1. The molecule has 0 saturated heterocycles. The number of likely N-dealkylation sites (N-methyl/N-ethyl adjacent to an activating group) is 1. The quantitative estimate of drug-likeness (QED) is 0.551. The second-order valence-electron chi connectivity index (χ2n) is 6.45. The molecule has 0 saturated carbocycles. The van der Waals surface area contributed by atoms with Crippen molar-refractivity contribution in [3.05, 3.63) is 65.8 Å². The summed E-state index contributed by atoms with van der Waals surface area (Å²) in [5.74, 6) is 0.967. The predicted octanol–water partition coefficient (Wildman–Crippen LogP) is 3.39. The van der Waals surface area contributed by atoms with Crippen molar-refractivity contribution in [1.29, 1.82) is 0 Å². The summed E-state index contributed by atoms with van der Waals surface area (Å²) >= 11 is 1.54. The monoisotopic (exact) mass is 426 g/mol. The smallest absolute Gasteiger partial charge is 0.254 e. The highest BCUT2D eigenvalue weighted by atomic mass is 32.2. The maximum Gasteiger partial charge on any atom is 0.254 e. The third-order valence-corrected chi connectivity index (χ3v) is 4.94. The molecule has 1 N–H and O–H groups in total. The second-order valence-corrected chi connectivity index (χ2v) is 7.30. The predicted molar refractivity (Wildman–Crippen MR) is 114 cm³/mol. The van der Waals surface area contributed by atoms with Gasteiger partial charge in [0.05, 0.1) is 12.2 Å². The van der Waals surface area contributed by atoms with Crippen LogP contribution in [0.3, 0.4) is 0 Å². The van der Waals surface area contributed by atoms with Crippen LogP contribution in [0.5, 0.6) is 5.75 Å². The van der Waals surface area contributed by atoms with E-state index < -0.39 is 0 Å². The SMILES string of the molecule is CSc1ccccc1NC(=O)CN(C)C(=O)c1ccc(OCc2noc(C)n2)cc1.